The first-order valence-corrected chi connectivity index (χ1v) is 11.0. The lowest BCUT2D eigenvalue weighted by molar-refractivity contribution is -0.142. The summed E-state index contributed by atoms with van der Waals surface area (Å²) in [6.45, 7) is 6.55. The Balaban J connectivity index is 1.38. The van der Waals surface area contributed by atoms with Crippen LogP contribution < -0.4 is 0 Å². The summed E-state index contributed by atoms with van der Waals surface area (Å²) in [6.07, 6.45) is 2.87. The predicted molar refractivity (Wildman–Crippen MR) is 116 cm³/mol. The molecule has 2 saturated heterocycles. The third-order valence-electron chi connectivity index (χ3n) is 5.95. The highest BCUT2D eigenvalue weighted by atomic mass is 16.5. The smallest absolute Gasteiger partial charge is 0.341 e. The van der Waals surface area contributed by atoms with Crippen LogP contribution in [0, 0.1) is 6.92 Å². The van der Waals surface area contributed by atoms with E-state index in [0.717, 1.165) is 18.5 Å². The molecule has 1 unspecified atom stereocenters. The number of hydrogen-bond acceptors (Lipinski definition) is 6. The fourth-order valence-electron chi connectivity index (χ4n) is 4.11. The molecule has 0 saturated carbocycles. The maximum atomic E-state index is 12.9. The van der Waals surface area contributed by atoms with Gasteiger partial charge in [-0.15, -0.1) is 0 Å². The van der Waals surface area contributed by atoms with E-state index < -0.39 is 5.97 Å². The first-order valence-electron chi connectivity index (χ1n) is 11.0. The highest BCUT2D eigenvalue weighted by molar-refractivity contribution is 5.94. The largest absolute Gasteiger partial charge is 0.462 e. The normalized spacial score (nSPS) is 18.6. The molecule has 2 fully saturated rings. The molecule has 0 radical (unpaired) electrons. The van der Waals surface area contributed by atoms with Crippen molar-refractivity contribution in [1.82, 2.24) is 19.6 Å². The van der Waals surface area contributed by atoms with E-state index in [1.807, 2.05) is 0 Å². The summed E-state index contributed by atoms with van der Waals surface area (Å²) in [5, 5.41) is 4.28. The first-order chi connectivity index (χ1) is 15.5. The molecule has 0 N–H and O–H groups in total. The Morgan fingerprint density at radius 1 is 1.09 bits per heavy atom. The minimum atomic E-state index is -0.403. The zero-order valence-electron chi connectivity index (χ0n) is 18.5. The second kappa shape index (κ2) is 9.52. The van der Waals surface area contributed by atoms with Gasteiger partial charge in [0.25, 0.3) is 11.8 Å². The van der Waals surface area contributed by atoms with Gasteiger partial charge in [0.05, 0.1) is 24.2 Å². The van der Waals surface area contributed by atoms with Gasteiger partial charge in [0.1, 0.15) is 11.7 Å². The summed E-state index contributed by atoms with van der Waals surface area (Å²) in [6, 6.07) is 7.12. The molecule has 9 nitrogen and oxygen atoms in total. The molecule has 2 aliphatic heterocycles. The maximum absolute atomic E-state index is 12.9. The number of aromatic nitrogens is 2. The van der Waals surface area contributed by atoms with Gasteiger partial charge < -0.3 is 19.3 Å². The van der Waals surface area contributed by atoms with Crippen LogP contribution in [-0.2, 0) is 14.3 Å². The molecule has 2 amide bonds. The number of rotatable bonds is 5. The van der Waals surface area contributed by atoms with Crippen LogP contribution in [0.2, 0.25) is 0 Å². The molecule has 0 spiro atoms. The van der Waals surface area contributed by atoms with Gasteiger partial charge in [-0.2, -0.15) is 5.10 Å². The minimum Gasteiger partial charge on any atom is -0.462 e. The molecule has 32 heavy (non-hydrogen) atoms. The summed E-state index contributed by atoms with van der Waals surface area (Å²) in [7, 11) is 0. The monoisotopic (exact) mass is 440 g/mol. The predicted octanol–water partition coefficient (Wildman–Crippen LogP) is 1.82. The van der Waals surface area contributed by atoms with Crippen LogP contribution in [-0.4, -0.2) is 82.9 Å². The van der Waals surface area contributed by atoms with E-state index >= 15 is 0 Å². The van der Waals surface area contributed by atoms with Crippen LogP contribution in [0.3, 0.4) is 0 Å². The average molecular weight is 441 g/mol. The van der Waals surface area contributed by atoms with Gasteiger partial charge in [-0.25, -0.2) is 9.48 Å². The van der Waals surface area contributed by atoms with Crippen LogP contribution >= 0.6 is 0 Å². The van der Waals surface area contributed by atoms with Crippen molar-refractivity contribution in [1.29, 1.82) is 0 Å². The van der Waals surface area contributed by atoms with Crippen molar-refractivity contribution >= 4 is 17.8 Å². The molecule has 0 aliphatic carbocycles. The number of ether oxygens (including phenoxy) is 2. The van der Waals surface area contributed by atoms with Gasteiger partial charge in [0.15, 0.2) is 0 Å². The second-order valence-electron chi connectivity index (χ2n) is 7.94. The summed E-state index contributed by atoms with van der Waals surface area (Å²) in [5.41, 5.74) is 2.42. The number of carbonyl (C=O) groups is 3. The molecule has 4 rings (SSSR count). The highest BCUT2D eigenvalue weighted by Crippen LogP contribution is 2.19. The zero-order chi connectivity index (χ0) is 22.7. The van der Waals surface area contributed by atoms with Gasteiger partial charge >= 0.3 is 5.97 Å². The maximum Gasteiger partial charge on any atom is 0.341 e. The van der Waals surface area contributed by atoms with Crippen molar-refractivity contribution < 1.29 is 23.9 Å². The molecule has 1 atom stereocenters. The number of hydrogen-bond donors (Lipinski definition) is 0. The Hall–Kier alpha value is -3.20. The van der Waals surface area contributed by atoms with Gasteiger partial charge in [0.2, 0.25) is 0 Å². The van der Waals surface area contributed by atoms with Crippen LogP contribution in [0.4, 0.5) is 0 Å². The number of carbonyl (C=O) groups excluding carboxylic acids is 3. The van der Waals surface area contributed by atoms with E-state index in [1.54, 1.807) is 52.6 Å². The molecule has 2 aliphatic rings. The Morgan fingerprint density at radius 3 is 2.41 bits per heavy atom. The molecule has 0 bridgehead atoms. The van der Waals surface area contributed by atoms with Crippen molar-refractivity contribution in [3.63, 3.8) is 0 Å². The van der Waals surface area contributed by atoms with Crippen LogP contribution in [0.15, 0.2) is 30.5 Å². The Morgan fingerprint density at radius 2 is 1.78 bits per heavy atom. The van der Waals surface area contributed by atoms with Crippen LogP contribution in [0.5, 0.6) is 0 Å². The summed E-state index contributed by atoms with van der Waals surface area (Å²) in [4.78, 5) is 41.0. The van der Waals surface area contributed by atoms with Gasteiger partial charge in [-0.1, -0.05) is 0 Å². The number of amides is 2. The fraction of sp³-hybridized carbons (Fsp3) is 0.478. The third kappa shape index (κ3) is 4.38. The SMILES string of the molecule is CCOC(=O)c1cnn(-c2ccc(C(=O)N3CCN(C(=O)C4CCCO4)CC3)cc2)c1C. The van der Waals surface area contributed by atoms with Crippen molar-refractivity contribution in [2.45, 2.75) is 32.8 Å². The van der Waals surface area contributed by atoms with Crippen molar-refractivity contribution in [2.24, 2.45) is 0 Å². The Kier molecular flexibility index (Phi) is 6.55. The summed E-state index contributed by atoms with van der Waals surface area (Å²) in [5.74, 6) is -0.430. The van der Waals surface area contributed by atoms with E-state index in [9.17, 15) is 14.4 Å². The van der Waals surface area contributed by atoms with Gasteiger partial charge in [-0.3, -0.25) is 9.59 Å². The summed E-state index contributed by atoms with van der Waals surface area (Å²) < 4.78 is 12.2. The van der Waals surface area contributed by atoms with Gasteiger partial charge in [-0.05, 0) is 51.0 Å². The highest BCUT2D eigenvalue weighted by Gasteiger charge is 2.31. The van der Waals surface area contributed by atoms with E-state index in [2.05, 4.69) is 5.10 Å². The fourth-order valence-corrected chi connectivity index (χ4v) is 4.11. The van der Waals surface area contributed by atoms with Crippen molar-refractivity contribution in [2.75, 3.05) is 39.4 Å². The molecule has 1 aromatic carbocycles. The zero-order valence-corrected chi connectivity index (χ0v) is 18.5. The third-order valence-corrected chi connectivity index (χ3v) is 5.95. The van der Waals surface area contributed by atoms with Gasteiger partial charge in [0, 0.05) is 38.3 Å². The molecule has 1 aromatic heterocycles. The quantitative estimate of drug-likeness (QED) is 0.659. The molecular formula is C23H28N4O5. The van der Waals surface area contributed by atoms with E-state index in [1.165, 1.54) is 6.20 Å². The molecule has 2 aromatic rings. The second-order valence-corrected chi connectivity index (χ2v) is 7.94. The van der Waals surface area contributed by atoms with Crippen molar-refractivity contribution in [3.8, 4) is 5.69 Å². The number of esters is 1. The summed E-state index contributed by atoms with van der Waals surface area (Å²) >= 11 is 0. The molecule has 170 valence electrons. The van der Waals surface area contributed by atoms with Crippen LogP contribution in [0.1, 0.15) is 46.2 Å². The first kappa shape index (κ1) is 22.0. The Bertz CT molecular complexity index is 986. The van der Waals surface area contributed by atoms with E-state index in [-0.39, 0.29) is 17.9 Å². The molecule has 9 heteroatoms. The molecular weight excluding hydrogens is 412 g/mol. The lowest BCUT2D eigenvalue weighted by Gasteiger charge is -2.35. The number of piperazine rings is 1. The van der Waals surface area contributed by atoms with E-state index in [0.29, 0.717) is 56.2 Å². The van der Waals surface area contributed by atoms with E-state index in [4.69, 9.17) is 9.47 Å². The topological polar surface area (TPSA) is 94.0 Å². The lowest BCUT2D eigenvalue weighted by Crippen LogP contribution is -2.52. The standard InChI is InChI=1S/C23H28N4O5/c1-3-31-23(30)19-15-24-27(16(19)2)18-8-6-17(7-9-18)21(28)25-10-12-26(13-11-25)22(29)20-5-4-14-32-20/h6-9,15,20H,3-5,10-14H2,1-2H3. The number of benzene rings is 1. The minimum absolute atomic E-state index is 0.0377. The van der Waals surface area contributed by atoms with Crippen molar-refractivity contribution in [3.05, 3.63) is 47.3 Å². The lowest BCUT2D eigenvalue weighted by atomic mass is 10.1. The number of nitrogens with zero attached hydrogens (tertiary/aromatic N) is 4. The Labute approximate surface area is 186 Å². The molecule has 3 heterocycles. The van der Waals surface area contributed by atoms with Crippen LogP contribution in [0.25, 0.3) is 5.69 Å². The average Bonchev–Trinajstić information content (AvgIpc) is 3.49.